The number of benzene rings is 1. The molecule has 0 amide bonds. The average Bonchev–Trinajstić information content (AvgIpc) is 3.11. The van der Waals surface area contributed by atoms with Gasteiger partial charge in [0.25, 0.3) is 0 Å². The maximum absolute atomic E-state index is 4.47. The number of hydrogen-bond donors (Lipinski definition) is 0. The summed E-state index contributed by atoms with van der Waals surface area (Å²) in [6.07, 6.45) is 48.2. The first-order valence-corrected chi connectivity index (χ1v) is 21.5. The zero-order valence-corrected chi connectivity index (χ0v) is 33.2. The minimum atomic E-state index is 1.04. The van der Waals surface area contributed by atoms with Crippen LogP contribution in [-0.2, 0) is 7.05 Å². The Morgan fingerprint density at radius 2 is 0.878 bits per heavy atom. The number of aromatic nitrogens is 2. The van der Waals surface area contributed by atoms with Crippen molar-refractivity contribution in [2.75, 3.05) is 18.0 Å². The van der Waals surface area contributed by atoms with E-state index in [1.165, 1.54) is 204 Å². The van der Waals surface area contributed by atoms with Crippen LogP contribution in [0, 0.1) is 6.92 Å². The smallest absolute Gasteiger partial charge is 0.223 e. The van der Waals surface area contributed by atoms with Crippen molar-refractivity contribution in [2.45, 2.75) is 201 Å². The Labute approximate surface area is 305 Å². The Hall–Kier alpha value is -2.16. The van der Waals surface area contributed by atoms with E-state index >= 15 is 0 Å². The van der Waals surface area contributed by atoms with Crippen LogP contribution in [-0.4, -0.2) is 18.1 Å². The molecule has 0 radical (unpaired) electrons. The van der Waals surface area contributed by atoms with E-state index in [2.05, 4.69) is 78.0 Å². The predicted molar refractivity (Wildman–Crippen MR) is 218 cm³/mol. The van der Waals surface area contributed by atoms with Crippen LogP contribution < -0.4 is 9.47 Å². The molecule has 3 nitrogen and oxygen atoms in total. The Kier molecular flexibility index (Phi) is 26.9. The monoisotopic (exact) mass is 675 g/mol. The Bertz CT molecular complexity index is 1010. The molecule has 0 unspecified atom stereocenters. The SMILES string of the molecule is CCCCCCCCCCCCCCCCN(CCCCCCCCCCCCCCCC)c1ccc(/C=C/c2cnc(C)c[n+]2C)cc1. The van der Waals surface area contributed by atoms with Crippen LogP contribution in [0.4, 0.5) is 5.69 Å². The first-order chi connectivity index (χ1) is 24.1. The molecule has 0 fully saturated rings. The van der Waals surface area contributed by atoms with Crippen molar-refractivity contribution >= 4 is 17.8 Å². The summed E-state index contributed by atoms with van der Waals surface area (Å²) in [5.41, 5.74) is 4.80. The highest BCUT2D eigenvalue weighted by Gasteiger charge is 2.08. The first-order valence-electron chi connectivity index (χ1n) is 21.5. The minimum Gasteiger partial charge on any atom is -0.372 e. The molecule has 0 bridgehead atoms. The van der Waals surface area contributed by atoms with Gasteiger partial charge in [-0.2, -0.15) is 4.57 Å². The van der Waals surface area contributed by atoms with E-state index in [4.69, 9.17) is 0 Å². The van der Waals surface area contributed by atoms with Crippen LogP contribution in [0.2, 0.25) is 0 Å². The first kappa shape index (κ1) is 43.0. The fraction of sp³-hybridized carbons (Fsp3) is 0.739. The third-order valence-electron chi connectivity index (χ3n) is 10.5. The second-order valence-corrected chi connectivity index (χ2v) is 15.2. The van der Waals surface area contributed by atoms with Gasteiger partial charge in [-0.05, 0) is 43.5 Å². The lowest BCUT2D eigenvalue weighted by atomic mass is 10.0. The number of nitrogens with zero attached hydrogens (tertiary/aromatic N) is 3. The van der Waals surface area contributed by atoms with Crippen molar-refractivity contribution in [2.24, 2.45) is 7.05 Å². The lowest BCUT2D eigenvalue weighted by Gasteiger charge is -2.25. The highest BCUT2D eigenvalue weighted by molar-refractivity contribution is 5.68. The molecule has 49 heavy (non-hydrogen) atoms. The molecule has 0 atom stereocenters. The standard InChI is InChI=1S/C46H80N3/c1-5-7-9-11-13-15-17-19-21-23-25-27-29-31-39-49(40-32-30-28-26-24-22-20-18-16-14-12-10-8-6-2)45-36-33-44(34-37-45)35-38-46-41-47-43(3)42-48(46)4/h33-38,41-42H,5-32,39-40H2,1-4H3/q+1. The maximum Gasteiger partial charge on any atom is 0.223 e. The zero-order chi connectivity index (χ0) is 35.0. The van der Waals surface area contributed by atoms with Crippen molar-refractivity contribution in [1.82, 2.24) is 4.98 Å². The topological polar surface area (TPSA) is 20.0 Å². The fourth-order valence-corrected chi connectivity index (χ4v) is 7.15. The largest absolute Gasteiger partial charge is 0.372 e. The molecule has 0 N–H and O–H groups in total. The molecule has 0 aliphatic heterocycles. The van der Waals surface area contributed by atoms with Crippen molar-refractivity contribution < 1.29 is 4.57 Å². The quantitative estimate of drug-likeness (QED) is 0.0555. The van der Waals surface area contributed by atoms with Gasteiger partial charge in [-0.3, -0.25) is 0 Å². The fourth-order valence-electron chi connectivity index (χ4n) is 7.15. The molecule has 3 heteroatoms. The molecule has 1 aromatic carbocycles. The molecule has 1 heterocycles. The van der Waals surface area contributed by atoms with Gasteiger partial charge in [-0.15, -0.1) is 0 Å². The van der Waals surface area contributed by atoms with Crippen LogP contribution in [0.25, 0.3) is 12.2 Å². The van der Waals surface area contributed by atoms with Crippen LogP contribution in [0.15, 0.2) is 36.7 Å². The van der Waals surface area contributed by atoms with Crippen molar-refractivity contribution in [3.05, 3.63) is 53.6 Å². The number of unbranched alkanes of at least 4 members (excludes halogenated alkanes) is 26. The molecular weight excluding hydrogens is 595 g/mol. The Morgan fingerprint density at radius 1 is 0.510 bits per heavy atom. The number of aryl methyl sites for hydroxylation is 2. The Balaban J connectivity index is 1.69. The van der Waals surface area contributed by atoms with Crippen molar-refractivity contribution in [3.63, 3.8) is 0 Å². The van der Waals surface area contributed by atoms with E-state index < -0.39 is 0 Å². The average molecular weight is 675 g/mol. The lowest BCUT2D eigenvalue weighted by Crippen LogP contribution is -2.32. The number of anilines is 1. The molecule has 2 aromatic rings. The second-order valence-electron chi connectivity index (χ2n) is 15.2. The van der Waals surface area contributed by atoms with E-state index in [0.717, 1.165) is 11.4 Å². The summed E-state index contributed by atoms with van der Waals surface area (Å²) in [4.78, 5) is 7.14. The van der Waals surface area contributed by atoms with Gasteiger partial charge in [0.1, 0.15) is 12.7 Å². The molecule has 0 aliphatic carbocycles. The van der Waals surface area contributed by atoms with Crippen molar-refractivity contribution in [1.29, 1.82) is 0 Å². The summed E-state index contributed by atoms with van der Waals surface area (Å²) in [6.45, 7) is 9.03. The van der Waals surface area contributed by atoms with Gasteiger partial charge in [-0.25, -0.2) is 4.98 Å². The van der Waals surface area contributed by atoms with Gasteiger partial charge in [0.2, 0.25) is 5.69 Å². The van der Waals surface area contributed by atoms with Crippen LogP contribution in [0.3, 0.4) is 0 Å². The minimum absolute atomic E-state index is 1.04. The molecule has 0 spiro atoms. The molecule has 278 valence electrons. The van der Waals surface area contributed by atoms with Gasteiger partial charge in [0.05, 0.1) is 6.20 Å². The van der Waals surface area contributed by atoms with E-state index in [1.807, 2.05) is 13.1 Å². The van der Waals surface area contributed by atoms with E-state index in [9.17, 15) is 0 Å². The summed E-state index contributed by atoms with van der Waals surface area (Å²) in [5, 5.41) is 0. The summed E-state index contributed by atoms with van der Waals surface area (Å²) in [5.74, 6) is 0. The van der Waals surface area contributed by atoms with Crippen LogP contribution in [0.5, 0.6) is 0 Å². The lowest BCUT2D eigenvalue weighted by molar-refractivity contribution is -0.674. The zero-order valence-electron chi connectivity index (χ0n) is 33.2. The Morgan fingerprint density at radius 3 is 1.24 bits per heavy atom. The van der Waals surface area contributed by atoms with Gasteiger partial charge >= 0.3 is 0 Å². The highest BCUT2D eigenvalue weighted by atomic mass is 15.1. The molecular formula is C46H80N3+. The summed E-state index contributed by atoms with van der Waals surface area (Å²) in [7, 11) is 2.09. The predicted octanol–water partition coefficient (Wildman–Crippen LogP) is 14.2. The third-order valence-corrected chi connectivity index (χ3v) is 10.5. The normalized spacial score (nSPS) is 11.6. The number of rotatable bonds is 33. The summed E-state index contributed by atoms with van der Waals surface area (Å²) in [6, 6.07) is 9.27. The maximum atomic E-state index is 4.47. The molecule has 0 saturated heterocycles. The van der Waals surface area contributed by atoms with Gasteiger partial charge in [0, 0.05) is 24.9 Å². The van der Waals surface area contributed by atoms with Gasteiger partial charge in [0.15, 0.2) is 6.20 Å². The number of hydrogen-bond acceptors (Lipinski definition) is 2. The van der Waals surface area contributed by atoms with E-state index in [0.29, 0.717) is 0 Å². The van der Waals surface area contributed by atoms with E-state index in [1.54, 1.807) is 0 Å². The van der Waals surface area contributed by atoms with Gasteiger partial charge < -0.3 is 4.90 Å². The van der Waals surface area contributed by atoms with E-state index in [-0.39, 0.29) is 0 Å². The highest BCUT2D eigenvalue weighted by Crippen LogP contribution is 2.20. The van der Waals surface area contributed by atoms with Crippen LogP contribution >= 0.6 is 0 Å². The van der Waals surface area contributed by atoms with Crippen molar-refractivity contribution in [3.8, 4) is 0 Å². The summed E-state index contributed by atoms with van der Waals surface area (Å²) >= 11 is 0. The third kappa shape index (κ3) is 23.0. The summed E-state index contributed by atoms with van der Waals surface area (Å²) < 4.78 is 2.14. The van der Waals surface area contributed by atoms with Crippen LogP contribution in [0.1, 0.15) is 211 Å². The molecule has 2 rings (SSSR count). The molecule has 1 aromatic heterocycles. The second kappa shape index (κ2) is 30.6. The molecule has 0 aliphatic rings. The molecule has 0 saturated carbocycles. The van der Waals surface area contributed by atoms with Gasteiger partial charge in [-0.1, -0.05) is 193 Å².